The standard InChI is InChI=1S/C24H17ClN6/c25-23-24(31-20-9-5-4-8-19(20)30-23)29-18-12-10-17(11-13-18)28-22-14-21(26-15-27-22)16-6-2-1-3-7-16/h1-15H,(H,29,31)(H,26,27,28). The zero-order chi connectivity index (χ0) is 21.0. The maximum atomic E-state index is 6.29. The van der Waals surface area contributed by atoms with Crippen LogP contribution in [0.1, 0.15) is 0 Å². The van der Waals surface area contributed by atoms with Gasteiger partial charge in [-0.25, -0.2) is 19.9 Å². The lowest BCUT2D eigenvalue weighted by Gasteiger charge is -2.10. The average molecular weight is 425 g/mol. The monoisotopic (exact) mass is 424 g/mol. The van der Waals surface area contributed by atoms with E-state index in [4.69, 9.17) is 11.6 Å². The summed E-state index contributed by atoms with van der Waals surface area (Å²) in [5.41, 5.74) is 5.20. The van der Waals surface area contributed by atoms with Crippen LogP contribution in [0, 0.1) is 0 Å². The second-order valence-electron chi connectivity index (χ2n) is 6.83. The minimum atomic E-state index is 0.329. The molecule has 0 radical (unpaired) electrons. The van der Waals surface area contributed by atoms with E-state index in [-0.39, 0.29) is 0 Å². The van der Waals surface area contributed by atoms with Gasteiger partial charge in [-0.15, -0.1) is 0 Å². The third kappa shape index (κ3) is 4.29. The van der Waals surface area contributed by atoms with E-state index in [2.05, 4.69) is 30.6 Å². The number of halogens is 1. The summed E-state index contributed by atoms with van der Waals surface area (Å²) in [6, 6.07) is 27.3. The molecule has 6 nitrogen and oxygen atoms in total. The van der Waals surface area contributed by atoms with Gasteiger partial charge in [-0.3, -0.25) is 0 Å². The van der Waals surface area contributed by atoms with Crippen LogP contribution in [0.4, 0.5) is 23.0 Å². The molecular weight excluding hydrogens is 408 g/mol. The Bertz CT molecular complexity index is 1340. The number of hydrogen-bond acceptors (Lipinski definition) is 6. The molecule has 31 heavy (non-hydrogen) atoms. The Balaban J connectivity index is 1.32. The lowest BCUT2D eigenvalue weighted by molar-refractivity contribution is 1.17. The van der Waals surface area contributed by atoms with Gasteiger partial charge in [0.15, 0.2) is 11.0 Å². The topological polar surface area (TPSA) is 75.6 Å². The number of hydrogen-bond donors (Lipinski definition) is 2. The molecule has 5 rings (SSSR count). The molecule has 0 saturated carbocycles. The normalized spacial score (nSPS) is 10.7. The molecule has 0 aliphatic carbocycles. The predicted octanol–water partition coefficient (Wildman–Crippen LogP) is 6.23. The highest BCUT2D eigenvalue weighted by molar-refractivity contribution is 6.32. The molecule has 3 aromatic carbocycles. The minimum Gasteiger partial charge on any atom is -0.340 e. The highest BCUT2D eigenvalue weighted by Crippen LogP contribution is 2.26. The number of anilines is 4. The van der Waals surface area contributed by atoms with Crippen LogP contribution in [0.2, 0.25) is 5.15 Å². The highest BCUT2D eigenvalue weighted by atomic mass is 35.5. The molecule has 0 saturated heterocycles. The van der Waals surface area contributed by atoms with Crippen molar-refractivity contribution in [1.29, 1.82) is 0 Å². The van der Waals surface area contributed by atoms with Crippen molar-refractivity contribution in [2.45, 2.75) is 0 Å². The second-order valence-corrected chi connectivity index (χ2v) is 7.19. The molecule has 7 heteroatoms. The fourth-order valence-electron chi connectivity index (χ4n) is 3.17. The van der Waals surface area contributed by atoms with Crippen LogP contribution in [0.5, 0.6) is 0 Å². The molecule has 0 unspecified atom stereocenters. The molecule has 5 aromatic rings. The van der Waals surface area contributed by atoms with Gasteiger partial charge in [-0.05, 0) is 36.4 Å². The number of fused-ring (bicyclic) bond motifs is 1. The van der Waals surface area contributed by atoms with Crippen molar-refractivity contribution in [2.75, 3.05) is 10.6 Å². The van der Waals surface area contributed by atoms with Gasteiger partial charge in [0.2, 0.25) is 0 Å². The van der Waals surface area contributed by atoms with Crippen molar-refractivity contribution >= 4 is 45.6 Å². The molecule has 0 aliphatic rings. The van der Waals surface area contributed by atoms with Gasteiger partial charge in [0.05, 0.1) is 16.7 Å². The minimum absolute atomic E-state index is 0.329. The molecule has 0 bridgehead atoms. The van der Waals surface area contributed by atoms with Gasteiger partial charge in [-0.2, -0.15) is 0 Å². The lowest BCUT2D eigenvalue weighted by Crippen LogP contribution is -1.98. The van der Waals surface area contributed by atoms with E-state index in [1.54, 1.807) is 6.33 Å². The summed E-state index contributed by atoms with van der Waals surface area (Å²) < 4.78 is 0. The molecule has 0 spiro atoms. The summed E-state index contributed by atoms with van der Waals surface area (Å²) in [4.78, 5) is 17.6. The Hall–Kier alpha value is -4.03. The van der Waals surface area contributed by atoms with Crippen molar-refractivity contribution in [3.05, 3.63) is 96.4 Å². The molecule has 0 amide bonds. The molecule has 0 atom stereocenters. The van der Waals surface area contributed by atoms with Crippen molar-refractivity contribution in [3.63, 3.8) is 0 Å². The summed E-state index contributed by atoms with van der Waals surface area (Å²) in [6.07, 6.45) is 1.56. The average Bonchev–Trinajstić information content (AvgIpc) is 2.82. The smallest absolute Gasteiger partial charge is 0.172 e. The van der Waals surface area contributed by atoms with E-state index in [9.17, 15) is 0 Å². The fraction of sp³-hybridized carbons (Fsp3) is 0. The van der Waals surface area contributed by atoms with E-state index in [1.165, 1.54) is 0 Å². The van der Waals surface area contributed by atoms with Crippen molar-refractivity contribution in [1.82, 2.24) is 19.9 Å². The molecule has 2 aromatic heterocycles. The first-order valence-corrected chi connectivity index (χ1v) is 10.1. The number of benzene rings is 3. The first-order valence-electron chi connectivity index (χ1n) is 9.68. The van der Waals surface area contributed by atoms with Crippen LogP contribution in [0.3, 0.4) is 0 Å². The third-order valence-electron chi connectivity index (χ3n) is 4.68. The van der Waals surface area contributed by atoms with Gasteiger partial charge in [0.1, 0.15) is 12.1 Å². The van der Waals surface area contributed by atoms with Crippen molar-refractivity contribution < 1.29 is 0 Å². The Kier molecular flexibility index (Phi) is 5.12. The van der Waals surface area contributed by atoms with Crippen LogP contribution < -0.4 is 10.6 Å². The largest absolute Gasteiger partial charge is 0.340 e. The van der Waals surface area contributed by atoms with E-state index >= 15 is 0 Å². The maximum absolute atomic E-state index is 6.29. The zero-order valence-corrected chi connectivity index (χ0v) is 17.1. The first-order chi connectivity index (χ1) is 15.2. The highest BCUT2D eigenvalue weighted by Gasteiger charge is 2.07. The molecule has 0 fully saturated rings. The Morgan fingerprint density at radius 2 is 1.29 bits per heavy atom. The van der Waals surface area contributed by atoms with Gasteiger partial charge >= 0.3 is 0 Å². The number of aromatic nitrogens is 4. The summed E-state index contributed by atoms with van der Waals surface area (Å²) in [5.74, 6) is 1.24. The van der Waals surface area contributed by atoms with Gasteiger partial charge in [0, 0.05) is 23.0 Å². The van der Waals surface area contributed by atoms with Crippen LogP contribution >= 0.6 is 11.6 Å². The van der Waals surface area contributed by atoms with E-state index in [0.717, 1.165) is 39.5 Å². The zero-order valence-electron chi connectivity index (χ0n) is 16.3. The lowest BCUT2D eigenvalue weighted by atomic mass is 10.1. The Labute approximate surface area is 184 Å². The van der Waals surface area contributed by atoms with Gasteiger partial charge in [0.25, 0.3) is 0 Å². The van der Waals surface area contributed by atoms with Gasteiger partial charge < -0.3 is 10.6 Å². The molecule has 0 aliphatic heterocycles. The first kappa shape index (κ1) is 19.0. The van der Waals surface area contributed by atoms with E-state index in [0.29, 0.717) is 11.0 Å². The summed E-state index contributed by atoms with van der Waals surface area (Å²) in [6.45, 7) is 0. The SMILES string of the molecule is Clc1nc2ccccc2nc1Nc1ccc(Nc2cc(-c3ccccc3)ncn2)cc1. The maximum Gasteiger partial charge on any atom is 0.172 e. The predicted molar refractivity (Wildman–Crippen MR) is 125 cm³/mol. The number of para-hydroxylation sites is 2. The fourth-order valence-corrected chi connectivity index (χ4v) is 3.35. The Morgan fingerprint density at radius 1 is 0.645 bits per heavy atom. The summed E-state index contributed by atoms with van der Waals surface area (Å²) in [7, 11) is 0. The quantitative estimate of drug-likeness (QED) is 0.348. The van der Waals surface area contributed by atoms with Crippen LogP contribution in [-0.4, -0.2) is 19.9 Å². The molecule has 2 N–H and O–H groups in total. The second kappa shape index (κ2) is 8.38. The molecule has 150 valence electrons. The van der Waals surface area contributed by atoms with Crippen LogP contribution in [0.25, 0.3) is 22.3 Å². The number of nitrogens with one attached hydrogen (secondary N) is 2. The van der Waals surface area contributed by atoms with E-state index in [1.807, 2.05) is 84.9 Å². The van der Waals surface area contributed by atoms with E-state index < -0.39 is 0 Å². The van der Waals surface area contributed by atoms with Crippen LogP contribution in [0.15, 0.2) is 91.3 Å². The summed E-state index contributed by atoms with van der Waals surface area (Å²) in [5, 5.41) is 6.86. The van der Waals surface area contributed by atoms with Gasteiger partial charge in [-0.1, -0.05) is 54.1 Å². The third-order valence-corrected chi connectivity index (χ3v) is 4.95. The Morgan fingerprint density at radius 3 is 2.03 bits per heavy atom. The number of nitrogens with zero attached hydrogens (tertiary/aromatic N) is 4. The van der Waals surface area contributed by atoms with Crippen molar-refractivity contribution in [3.8, 4) is 11.3 Å². The summed E-state index contributed by atoms with van der Waals surface area (Å²) >= 11 is 6.29. The van der Waals surface area contributed by atoms with Crippen LogP contribution in [-0.2, 0) is 0 Å². The van der Waals surface area contributed by atoms with Crippen molar-refractivity contribution in [2.24, 2.45) is 0 Å². The molecule has 2 heterocycles. The number of rotatable bonds is 5. The molecular formula is C24H17ClN6.